The fourth-order valence-electron chi connectivity index (χ4n) is 3.89. The van der Waals surface area contributed by atoms with Gasteiger partial charge in [-0.3, -0.25) is 19.9 Å². The molecule has 0 saturated carbocycles. The summed E-state index contributed by atoms with van der Waals surface area (Å²) in [6.45, 7) is 7.47. The number of halogens is 1. The molecule has 4 rings (SSSR count). The van der Waals surface area contributed by atoms with Gasteiger partial charge in [-0.2, -0.15) is 0 Å². The van der Waals surface area contributed by atoms with Crippen LogP contribution >= 0.6 is 12.4 Å². The van der Waals surface area contributed by atoms with Crippen LogP contribution in [0.25, 0.3) is 11.3 Å². The number of rotatable bonds is 5. The quantitative estimate of drug-likeness (QED) is 0.623. The summed E-state index contributed by atoms with van der Waals surface area (Å²) in [5.74, 6) is 1.70. The van der Waals surface area contributed by atoms with E-state index in [0.29, 0.717) is 6.04 Å². The van der Waals surface area contributed by atoms with Gasteiger partial charge in [0, 0.05) is 63.0 Å². The van der Waals surface area contributed by atoms with Gasteiger partial charge in [0.05, 0.1) is 11.5 Å². The van der Waals surface area contributed by atoms with Crippen molar-refractivity contribution in [3.8, 4) is 11.3 Å². The number of hydrogen-bond donors (Lipinski definition) is 1. The first-order valence-corrected chi connectivity index (χ1v) is 9.20. The zero-order valence-corrected chi connectivity index (χ0v) is 16.0. The Morgan fingerprint density at radius 1 is 1.11 bits per heavy atom. The van der Waals surface area contributed by atoms with E-state index in [9.17, 15) is 10.1 Å². The highest BCUT2D eigenvalue weighted by atomic mass is 35.5. The van der Waals surface area contributed by atoms with Crippen LogP contribution in [0.3, 0.4) is 0 Å². The smallest absolute Gasteiger partial charge is 0.269 e. The van der Waals surface area contributed by atoms with E-state index in [-0.39, 0.29) is 23.0 Å². The number of nitrogens with zero attached hydrogens (tertiary/aromatic N) is 3. The average Bonchev–Trinajstić information content (AvgIpc) is 3.33. The zero-order valence-electron chi connectivity index (χ0n) is 15.2. The van der Waals surface area contributed by atoms with Gasteiger partial charge < -0.3 is 9.73 Å². The molecule has 7 nitrogen and oxygen atoms in total. The number of nitro groups is 1. The van der Waals surface area contributed by atoms with Gasteiger partial charge in [-0.1, -0.05) is 0 Å². The fourth-order valence-corrected chi connectivity index (χ4v) is 3.89. The number of furan rings is 1. The summed E-state index contributed by atoms with van der Waals surface area (Å²) in [7, 11) is 0. The Bertz CT molecular complexity index is 759. The summed E-state index contributed by atoms with van der Waals surface area (Å²) in [4.78, 5) is 15.4. The Hall–Kier alpha value is -1.93. The molecule has 1 aromatic heterocycles. The number of likely N-dealkylation sites (tertiary alicyclic amines) is 1. The number of nitrogens with one attached hydrogen (secondary N) is 1. The molecule has 2 saturated heterocycles. The predicted molar refractivity (Wildman–Crippen MR) is 106 cm³/mol. The van der Waals surface area contributed by atoms with Crippen molar-refractivity contribution >= 4 is 18.1 Å². The summed E-state index contributed by atoms with van der Waals surface area (Å²) < 4.78 is 5.98. The third-order valence-corrected chi connectivity index (χ3v) is 5.32. The third kappa shape index (κ3) is 4.68. The van der Waals surface area contributed by atoms with Crippen molar-refractivity contribution in [1.29, 1.82) is 0 Å². The van der Waals surface area contributed by atoms with Crippen LogP contribution in [-0.2, 0) is 6.54 Å². The van der Waals surface area contributed by atoms with E-state index < -0.39 is 0 Å². The Kier molecular flexibility index (Phi) is 6.49. The van der Waals surface area contributed by atoms with Crippen molar-refractivity contribution in [2.75, 3.05) is 39.3 Å². The molecule has 27 heavy (non-hydrogen) atoms. The van der Waals surface area contributed by atoms with Gasteiger partial charge in [0.1, 0.15) is 11.5 Å². The molecule has 2 aliphatic heterocycles. The summed E-state index contributed by atoms with van der Waals surface area (Å²) in [5, 5.41) is 14.2. The molecule has 2 aromatic rings. The van der Waals surface area contributed by atoms with Gasteiger partial charge in [-0.05, 0) is 30.7 Å². The minimum absolute atomic E-state index is 0. The lowest BCUT2D eigenvalue weighted by molar-refractivity contribution is -0.384. The van der Waals surface area contributed by atoms with Crippen LogP contribution in [0.4, 0.5) is 5.69 Å². The molecule has 1 N–H and O–H groups in total. The molecule has 1 atom stereocenters. The highest BCUT2D eigenvalue weighted by Crippen LogP contribution is 2.26. The summed E-state index contributed by atoms with van der Waals surface area (Å²) in [6.07, 6.45) is 1.22. The molecule has 0 amide bonds. The lowest BCUT2D eigenvalue weighted by atomic mass is 10.1. The second-order valence-electron chi connectivity index (χ2n) is 7.03. The number of nitro benzene ring substituents is 1. The van der Waals surface area contributed by atoms with Gasteiger partial charge in [0.25, 0.3) is 5.69 Å². The number of non-ortho nitro benzene ring substituents is 1. The van der Waals surface area contributed by atoms with Gasteiger partial charge in [0.2, 0.25) is 0 Å². The van der Waals surface area contributed by atoms with E-state index in [1.54, 1.807) is 12.1 Å². The molecule has 2 fully saturated rings. The Balaban J connectivity index is 0.00000210. The van der Waals surface area contributed by atoms with Crippen LogP contribution < -0.4 is 5.32 Å². The van der Waals surface area contributed by atoms with E-state index >= 15 is 0 Å². The second kappa shape index (κ2) is 8.84. The van der Waals surface area contributed by atoms with E-state index in [1.807, 2.05) is 12.1 Å². The molecule has 0 bridgehead atoms. The SMILES string of the molecule is Cl.O=[N+]([O-])c1ccc(-c2ccc(CN3CCC(N4CCNCC4)C3)o2)cc1. The Morgan fingerprint density at radius 3 is 2.56 bits per heavy atom. The molecule has 8 heteroatoms. The maximum Gasteiger partial charge on any atom is 0.269 e. The van der Waals surface area contributed by atoms with E-state index in [1.165, 1.54) is 18.6 Å². The van der Waals surface area contributed by atoms with Gasteiger partial charge >= 0.3 is 0 Å². The maximum atomic E-state index is 10.8. The van der Waals surface area contributed by atoms with Crippen LogP contribution in [0.2, 0.25) is 0 Å². The van der Waals surface area contributed by atoms with Crippen molar-refractivity contribution < 1.29 is 9.34 Å². The van der Waals surface area contributed by atoms with Crippen molar-refractivity contribution in [2.24, 2.45) is 0 Å². The van der Waals surface area contributed by atoms with E-state index in [0.717, 1.165) is 62.9 Å². The van der Waals surface area contributed by atoms with Crippen LogP contribution in [0, 0.1) is 10.1 Å². The fraction of sp³-hybridized carbons (Fsp3) is 0.474. The lowest BCUT2D eigenvalue weighted by Crippen LogP contribution is -2.49. The normalized spacial score (nSPS) is 21.1. The predicted octanol–water partition coefficient (Wildman–Crippen LogP) is 2.76. The highest BCUT2D eigenvalue weighted by molar-refractivity contribution is 5.85. The first-order valence-electron chi connectivity index (χ1n) is 9.20. The monoisotopic (exact) mass is 392 g/mol. The van der Waals surface area contributed by atoms with Crippen molar-refractivity contribution in [3.63, 3.8) is 0 Å². The molecular weight excluding hydrogens is 368 g/mol. The summed E-state index contributed by atoms with van der Waals surface area (Å²) >= 11 is 0. The molecular formula is C19H25ClN4O3. The topological polar surface area (TPSA) is 74.8 Å². The Morgan fingerprint density at radius 2 is 1.85 bits per heavy atom. The lowest BCUT2D eigenvalue weighted by Gasteiger charge is -2.32. The van der Waals surface area contributed by atoms with Gasteiger partial charge in [0.15, 0.2) is 0 Å². The van der Waals surface area contributed by atoms with Crippen LogP contribution in [0.1, 0.15) is 12.2 Å². The standard InChI is InChI=1S/C19H24N4O3.ClH/c24-23(25)16-3-1-15(2-4-16)19-6-5-18(26-19)14-21-10-7-17(13-21)22-11-8-20-9-12-22;/h1-6,17,20H,7-14H2;1H. The second-order valence-corrected chi connectivity index (χ2v) is 7.03. The number of hydrogen-bond acceptors (Lipinski definition) is 6. The highest BCUT2D eigenvalue weighted by Gasteiger charge is 2.28. The molecule has 0 radical (unpaired) electrons. The summed E-state index contributed by atoms with van der Waals surface area (Å²) in [6, 6.07) is 11.1. The van der Waals surface area contributed by atoms with Crippen LogP contribution in [-0.4, -0.2) is 60.0 Å². The van der Waals surface area contributed by atoms with Crippen LogP contribution in [0.15, 0.2) is 40.8 Å². The molecule has 1 aromatic carbocycles. The third-order valence-electron chi connectivity index (χ3n) is 5.32. The van der Waals surface area contributed by atoms with Crippen molar-refractivity contribution in [1.82, 2.24) is 15.1 Å². The first-order chi connectivity index (χ1) is 12.7. The molecule has 1 unspecified atom stereocenters. The molecule has 0 aliphatic carbocycles. The number of piperazine rings is 1. The van der Waals surface area contributed by atoms with Crippen LogP contribution in [0.5, 0.6) is 0 Å². The molecule has 2 aliphatic rings. The van der Waals surface area contributed by atoms with Crippen molar-refractivity contribution in [3.05, 3.63) is 52.3 Å². The van der Waals surface area contributed by atoms with Gasteiger partial charge in [-0.15, -0.1) is 12.4 Å². The van der Waals surface area contributed by atoms with Gasteiger partial charge in [-0.25, -0.2) is 0 Å². The first kappa shape index (κ1) is 19.8. The molecule has 3 heterocycles. The largest absolute Gasteiger partial charge is 0.460 e. The number of benzene rings is 1. The minimum atomic E-state index is -0.389. The maximum absolute atomic E-state index is 10.8. The molecule has 0 spiro atoms. The zero-order chi connectivity index (χ0) is 17.9. The minimum Gasteiger partial charge on any atom is -0.460 e. The summed E-state index contributed by atoms with van der Waals surface area (Å²) in [5.41, 5.74) is 0.957. The van der Waals surface area contributed by atoms with Crippen molar-refractivity contribution in [2.45, 2.75) is 19.0 Å². The average molecular weight is 393 g/mol. The molecule has 146 valence electrons. The van der Waals surface area contributed by atoms with E-state index in [2.05, 4.69) is 15.1 Å². The van der Waals surface area contributed by atoms with E-state index in [4.69, 9.17) is 4.42 Å². The Labute approximate surface area is 164 Å².